The highest BCUT2D eigenvalue weighted by Crippen LogP contribution is 2.39. The predicted octanol–water partition coefficient (Wildman–Crippen LogP) is 4.08. The SMILES string of the molecule is COc1ccc([C@H]2Oc3ccc(C)cc3C(=O)[C@H]2Br)cc1. The average Bonchev–Trinajstić information content (AvgIpc) is 2.51. The highest BCUT2D eigenvalue weighted by atomic mass is 79.9. The van der Waals surface area contributed by atoms with Crippen molar-refractivity contribution in [2.24, 2.45) is 0 Å². The molecule has 0 saturated carbocycles. The van der Waals surface area contributed by atoms with Crippen molar-refractivity contribution >= 4 is 21.7 Å². The van der Waals surface area contributed by atoms with Crippen LogP contribution in [0.4, 0.5) is 0 Å². The Labute approximate surface area is 132 Å². The number of carbonyl (C=O) groups is 1. The van der Waals surface area contributed by atoms with Gasteiger partial charge in [0.1, 0.15) is 22.4 Å². The molecule has 2 aromatic carbocycles. The second-order valence-electron chi connectivity index (χ2n) is 5.08. The minimum Gasteiger partial charge on any atom is -0.497 e. The van der Waals surface area contributed by atoms with Crippen LogP contribution in [0.3, 0.4) is 0 Å². The molecule has 0 amide bonds. The van der Waals surface area contributed by atoms with Crippen LogP contribution < -0.4 is 9.47 Å². The predicted molar refractivity (Wildman–Crippen MR) is 84.6 cm³/mol. The van der Waals surface area contributed by atoms with E-state index in [1.165, 1.54) is 0 Å². The summed E-state index contributed by atoms with van der Waals surface area (Å²) in [6.07, 6.45) is -0.335. The van der Waals surface area contributed by atoms with Crippen LogP contribution in [0.25, 0.3) is 0 Å². The lowest BCUT2D eigenvalue weighted by Gasteiger charge is -2.30. The molecule has 0 unspecified atom stereocenters. The molecule has 21 heavy (non-hydrogen) atoms. The number of benzene rings is 2. The monoisotopic (exact) mass is 346 g/mol. The van der Waals surface area contributed by atoms with E-state index < -0.39 is 0 Å². The van der Waals surface area contributed by atoms with Gasteiger partial charge in [-0.25, -0.2) is 0 Å². The topological polar surface area (TPSA) is 35.5 Å². The van der Waals surface area contributed by atoms with Gasteiger partial charge in [-0.15, -0.1) is 0 Å². The summed E-state index contributed by atoms with van der Waals surface area (Å²) in [5.74, 6) is 1.48. The van der Waals surface area contributed by atoms with E-state index in [0.29, 0.717) is 11.3 Å². The molecule has 108 valence electrons. The molecule has 0 aliphatic carbocycles. The summed E-state index contributed by atoms with van der Waals surface area (Å²) in [6.45, 7) is 1.96. The molecule has 2 aromatic rings. The maximum Gasteiger partial charge on any atom is 0.184 e. The fraction of sp³-hybridized carbons (Fsp3) is 0.235. The quantitative estimate of drug-likeness (QED) is 0.768. The molecular weight excluding hydrogens is 332 g/mol. The molecule has 0 aromatic heterocycles. The summed E-state index contributed by atoms with van der Waals surface area (Å²) in [6, 6.07) is 13.3. The zero-order valence-electron chi connectivity index (χ0n) is 11.8. The number of alkyl halides is 1. The van der Waals surface area contributed by atoms with E-state index in [9.17, 15) is 4.79 Å². The number of Topliss-reactive ketones (excluding diaryl/α,β-unsaturated/α-hetero) is 1. The first kappa shape index (κ1) is 14.1. The Morgan fingerprint density at radius 2 is 1.86 bits per heavy atom. The number of aryl methyl sites for hydroxylation is 1. The van der Waals surface area contributed by atoms with Crippen molar-refractivity contribution in [3.63, 3.8) is 0 Å². The van der Waals surface area contributed by atoms with Crippen LogP contribution in [0.5, 0.6) is 11.5 Å². The Kier molecular flexibility index (Phi) is 3.72. The normalized spacial score (nSPS) is 20.6. The van der Waals surface area contributed by atoms with Crippen molar-refractivity contribution in [2.45, 2.75) is 17.9 Å². The molecule has 1 aliphatic rings. The van der Waals surface area contributed by atoms with Gasteiger partial charge in [0.05, 0.1) is 12.7 Å². The second-order valence-corrected chi connectivity index (χ2v) is 6.06. The van der Waals surface area contributed by atoms with Crippen LogP contribution in [-0.2, 0) is 0 Å². The summed E-state index contributed by atoms with van der Waals surface area (Å²) >= 11 is 3.48. The lowest BCUT2D eigenvalue weighted by Crippen LogP contribution is -2.32. The van der Waals surface area contributed by atoms with Gasteiger partial charge in [-0.2, -0.15) is 0 Å². The summed E-state index contributed by atoms with van der Waals surface area (Å²) in [7, 11) is 1.63. The Morgan fingerprint density at radius 1 is 1.14 bits per heavy atom. The maximum atomic E-state index is 12.5. The largest absolute Gasteiger partial charge is 0.497 e. The summed E-state index contributed by atoms with van der Waals surface area (Å²) in [5.41, 5.74) is 2.63. The molecule has 4 heteroatoms. The van der Waals surface area contributed by atoms with Gasteiger partial charge in [0.25, 0.3) is 0 Å². The van der Waals surface area contributed by atoms with Gasteiger partial charge in [0.15, 0.2) is 5.78 Å². The zero-order chi connectivity index (χ0) is 15.0. The lowest BCUT2D eigenvalue weighted by molar-refractivity contribution is 0.0872. The Morgan fingerprint density at radius 3 is 2.52 bits per heavy atom. The van der Waals surface area contributed by atoms with Gasteiger partial charge < -0.3 is 9.47 Å². The number of hydrogen-bond donors (Lipinski definition) is 0. The van der Waals surface area contributed by atoms with Gasteiger partial charge in [-0.3, -0.25) is 4.79 Å². The fourth-order valence-electron chi connectivity index (χ4n) is 2.45. The van der Waals surface area contributed by atoms with Crippen molar-refractivity contribution in [3.05, 3.63) is 59.2 Å². The molecule has 0 spiro atoms. The third kappa shape index (κ3) is 2.56. The van der Waals surface area contributed by atoms with Crippen LogP contribution in [0, 0.1) is 6.92 Å². The van der Waals surface area contributed by atoms with E-state index in [-0.39, 0.29) is 16.7 Å². The molecule has 2 atom stereocenters. The van der Waals surface area contributed by atoms with Gasteiger partial charge in [0.2, 0.25) is 0 Å². The van der Waals surface area contributed by atoms with Gasteiger partial charge in [-0.05, 0) is 36.8 Å². The molecule has 0 N–H and O–H groups in total. The number of methoxy groups -OCH3 is 1. The molecule has 1 heterocycles. The van der Waals surface area contributed by atoms with Crippen molar-refractivity contribution < 1.29 is 14.3 Å². The third-order valence-corrected chi connectivity index (χ3v) is 4.51. The molecular formula is C17H15BrO3. The van der Waals surface area contributed by atoms with Crippen molar-refractivity contribution in [1.82, 2.24) is 0 Å². The number of ether oxygens (including phenoxy) is 2. The van der Waals surface area contributed by atoms with E-state index in [4.69, 9.17) is 9.47 Å². The number of ketones is 1. The third-order valence-electron chi connectivity index (χ3n) is 3.62. The second kappa shape index (κ2) is 5.53. The van der Waals surface area contributed by atoms with E-state index >= 15 is 0 Å². The molecule has 0 fully saturated rings. The van der Waals surface area contributed by atoms with E-state index in [1.54, 1.807) is 7.11 Å². The molecule has 0 saturated heterocycles. The number of hydrogen-bond acceptors (Lipinski definition) is 3. The Bertz CT molecular complexity index is 679. The molecule has 1 aliphatic heterocycles. The minimum atomic E-state index is -0.389. The molecule has 0 radical (unpaired) electrons. The molecule has 3 nitrogen and oxygen atoms in total. The highest BCUT2D eigenvalue weighted by molar-refractivity contribution is 9.10. The van der Waals surface area contributed by atoms with Crippen LogP contribution in [-0.4, -0.2) is 17.7 Å². The summed E-state index contributed by atoms with van der Waals surface area (Å²) < 4.78 is 11.2. The minimum absolute atomic E-state index is 0.0563. The van der Waals surface area contributed by atoms with E-state index in [1.807, 2.05) is 49.4 Å². The smallest absolute Gasteiger partial charge is 0.184 e. The highest BCUT2D eigenvalue weighted by Gasteiger charge is 2.36. The van der Waals surface area contributed by atoms with Crippen LogP contribution in [0.2, 0.25) is 0 Å². The number of carbonyl (C=O) groups excluding carboxylic acids is 1. The van der Waals surface area contributed by atoms with Crippen LogP contribution in [0.1, 0.15) is 27.6 Å². The fourth-order valence-corrected chi connectivity index (χ4v) is 3.11. The Hall–Kier alpha value is -1.81. The summed E-state index contributed by atoms with van der Waals surface area (Å²) in [4.78, 5) is 12.1. The number of halogens is 1. The van der Waals surface area contributed by atoms with Crippen molar-refractivity contribution in [1.29, 1.82) is 0 Å². The zero-order valence-corrected chi connectivity index (χ0v) is 13.4. The maximum absolute atomic E-state index is 12.5. The first-order chi connectivity index (χ1) is 10.1. The number of fused-ring (bicyclic) bond motifs is 1. The first-order valence-electron chi connectivity index (χ1n) is 6.69. The summed E-state index contributed by atoms with van der Waals surface area (Å²) in [5, 5.41) is 0. The van der Waals surface area contributed by atoms with Crippen molar-refractivity contribution in [3.8, 4) is 11.5 Å². The first-order valence-corrected chi connectivity index (χ1v) is 7.61. The van der Waals surface area contributed by atoms with Gasteiger partial charge in [-0.1, -0.05) is 39.7 Å². The van der Waals surface area contributed by atoms with Crippen LogP contribution in [0.15, 0.2) is 42.5 Å². The average molecular weight is 347 g/mol. The van der Waals surface area contributed by atoms with Gasteiger partial charge in [0, 0.05) is 0 Å². The molecule has 0 bridgehead atoms. The van der Waals surface area contributed by atoms with Crippen LogP contribution >= 0.6 is 15.9 Å². The lowest BCUT2D eigenvalue weighted by atomic mass is 9.95. The molecule has 3 rings (SSSR count). The van der Waals surface area contributed by atoms with E-state index in [0.717, 1.165) is 16.9 Å². The Balaban J connectivity index is 1.97. The number of rotatable bonds is 2. The van der Waals surface area contributed by atoms with Crippen molar-refractivity contribution in [2.75, 3.05) is 7.11 Å². The van der Waals surface area contributed by atoms with E-state index in [2.05, 4.69) is 15.9 Å². The standard InChI is InChI=1S/C17H15BrO3/c1-10-3-8-14-13(9-10)16(19)15(18)17(21-14)11-4-6-12(20-2)7-5-11/h3-9,15,17H,1-2H3/t15-,17-/m1/s1. The van der Waals surface area contributed by atoms with Gasteiger partial charge >= 0.3 is 0 Å².